The summed E-state index contributed by atoms with van der Waals surface area (Å²) in [5.74, 6) is 0. The summed E-state index contributed by atoms with van der Waals surface area (Å²) >= 11 is 11.2. The van der Waals surface area contributed by atoms with Gasteiger partial charge in [-0.15, -0.1) is 0 Å². The number of nitro groups is 1. The number of hydrogen-bond donors (Lipinski definition) is 1. The lowest BCUT2D eigenvalue weighted by molar-refractivity contribution is -0.383. The Morgan fingerprint density at radius 2 is 2.27 bits per heavy atom. The third-order valence-electron chi connectivity index (χ3n) is 1.64. The highest BCUT2D eigenvalue weighted by Crippen LogP contribution is 2.32. The molecule has 0 aromatic heterocycles. The molecular formula is C9H8Cl2N2O2. The topological polar surface area (TPSA) is 55.2 Å². The van der Waals surface area contributed by atoms with Gasteiger partial charge >= 0.3 is 5.69 Å². The van der Waals surface area contributed by atoms with E-state index < -0.39 is 4.92 Å². The molecule has 0 amide bonds. The minimum absolute atomic E-state index is 0.0881. The predicted octanol–water partition coefficient (Wildman–Crippen LogP) is 3.41. The molecule has 0 atom stereocenters. The quantitative estimate of drug-likeness (QED) is 0.655. The molecule has 1 rings (SSSR count). The van der Waals surface area contributed by atoms with Crippen LogP contribution in [0.5, 0.6) is 0 Å². The number of nitro benzene ring substituents is 1. The molecule has 0 aliphatic rings. The van der Waals surface area contributed by atoms with Gasteiger partial charge in [0.25, 0.3) is 0 Å². The number of rotatable bonds is 4. The number of benzene rings is 1. The fraction of sp³-hybridized carbons (Fsp3) is 0.111. The van der Waals surface area contributed by atoms with Crippen LogP contribution in [-0.4, -0.2) is 11.5 Å². The van der Waals surface area contributed by atoms with Crippen LogP contribution in [0, 0.1) is 10.1 Å². The lowest BCUT2D eigenvalue weighted by atomic mass is 10.2. The molecular weight excluding hydrogens is 239 g/mol. The summed E-state index contributed by atoms with van der Waals surface area (Å²) in [5, 5.41) is 13.9. The van der Waals surface area contributed by atoms with E-state index in [1.807, 2.05) is 0 Å². The van der Waals surface area contributed by atoms with Crippen molar-refractivity contribution in [3.63, 3.8) is 0 Å². The van der Waals surface area contributed by atoms with Gasteiger partial charge in [-0.2, -0.15) is 0 Å². The second kappa shape index (κ2) is 5.00. The van der Waals surface area contributed by atoms with E-state index in [4.69, 9.17) is 23.2 Å². The van der Waals surface area contributed by atoms with Crippen molar-refractivity contribution in [2.24, 2.45) is 0 Å². The van der Waals surface area contributed by atoms with Gasteiger partial charge in [0.15, 0.2) is 0 Å². The maximum atomic E-state index is 10.7. The van der Waals surface area contributed by atoms with E-state index >= 15 is 0 Å². The number of halogens is 2. The highest BCUT2D eigenvalue weighted by Gasteiger charge is 2.17. The van der Waals surface area contributed by atoms with Crippen molar-refractivity contribution in [2.45, 2.75) is 0 Å². The van der Waals surface area contributed by atoms with E-state index in [1.54, 1.807) is 12.1 Å². The van der Waals surface area contributed by atoms with Crippen LogP contribution in [0.2, 0.25) is 5.02 Å². The van der Waals surface area contributed by atoms with Gasteiger partial charge in [-0.25, -0.2) is 0 Å². The van der Waals surface area contributed by atoms with Gasteiger partial charge in [-0.3, -0.25) is 10.1 Å². The summed E-state index contributed by atoms with van der Waals surface area (Å²) in [7, 11) is 0. The number of nitrogens with one attached hydrogen (secondary N) is 1. The summed E-state index contributed by atoms with van der Waals surface area (Å²) in [4.78, 5) is 10.2. The molecule has 4 nitrogen and oxygen atoms in total. The third-order valence-corrected chi connectivity index (χ3v) is 2.08. The molecule has 6 heteroatoms. The number of para-hydroxylation sites is 1. The second-order valence-electron chi connectivity index (χ2n) is 2.76. The minimum Gasteiger partial charge on any atom is -0.374 e. The Bertz CT molecular complexity index is 407. The van der Waals surface area contributed by atoms with Crippen LogP contribution in [0.1, 0.15) is 0 Å². The lowest BCUT2D eigenvalue weighted by Gasteiger charge is -2.06. The van der Waals surface area contributed by atoms with E-state index in [0.29, 0.717) is 10.7 Å². The van der Waals surface area contributed by atoms with Gasteiger partial charge in [-0.05, 0) is 12.1 Å². The maximum Gasteiger partial charge on any atom is 0.310 e. The Labute approximate surface area is 96.6 Å². The van der Waals surface area contributed by atoms with Gasteiger partial charge in [0, 0.05) is 5.03 Å². The van der Waals surface area contributed by atoms with Crippen molar-refractivity contribution >= 4 is 34.6 Å². The molecule has 0 aliphatic carbocycles. The van der Waals surface area contributed by atoms with Gasteiger partial charge in [0.1, 0.15) is 10.7 Å². The van der Waals surface area contributed by atoms with Crippen LogP contribution in [0.4, 0.5) is 11.4 Å². The molecule has 1 aromatic rings. The molecule has 0 spiro atoms. The zero-order chi connectivity index (χ0) is 11.4. The van der Waals surface area contributed by atoms with E-state index in [2.05, 4.69) is 11.9 Å². The third kappa shape index (κ3) is 3.11. The lowest BCUT2D eigenvalue weighted by Crippen LogP contribution is -2.04. The highest BCUT2D eigenvalue weighted by molar-refractivity contribution is 6.33. The smallest absolute Gasteiger partial charge is 0.310 e. The second-order valence-corrected chi connectivity index (χ2v) is 3.71. The van der Waals surface area contributed by atoms with Crippen LogP contribution >= 0.6 is 23.2 Å². The SMILES string of the molecule is C=C(Cl)CNc1cccc(Cl)c1[N+](=O)[O-]. The van der Waals surface area contributed by atoms with Crippen LogP contribution in [0.3, 0.4) is 0 Å². The first-order chi connectivity index (χ1) is 7.02. The molecule has 1 aromatic carbocycles. The summed E-state index contributed by atoms with van der Waals surface area (Å²) < 4.78 is 0. The fourth-order valence-corrected chi connectivity index (χ4v) is 1.35. The summed E-state index contributed by atoms with van der Waals surface area (Å²) in [5.41, 5.74) is 0.173. The molecule has 0 unspecified atom stereocenters. The Kier molecular flexibility index (Phi) is 3.94. The molecule has 0 saturated heterocycles. The van der Waals surface area contributed by atoms with Crippen molar-refractivity contribution in [1.82, 2.24) is 0 Å². The first-order valence-electron chi connectivity index (χ1n) is 4.02. The molecule has 0 fully saturated rings. The van der Waals surface area contributed by atoms with E-state index in [1.165, 1.54) is 6.07 Å². The van der Waals surface area contributed by atoms with Crippen molar-refractivity contribution in [3.05, 3.63) is 44.9 Å². The van der Waals surface area contributed by atoms with E-state index in [-0.39, 0.29) is 17.3 Å². The van der Waals surface area contributed by atoms with E-state index in [9.17, 15) is 10.1 Å². The van der Waals surface area contributed by atoms with Crippen LogP contribution in [0.15, 0.2) is 29.8 Å². The molecule has 15 heavy (non-hydrogen) atoms. The van der Waals surface area contributed by atoms with Crippen LogP contribution in [0.25, 0.3) is 0 Å². The Morgan fingerprint density at radius 3 is 2.80 bits per heavy atom. The summed E-state index contributed by atoms with van der Waals surface area (Å²) in [6.45, 7) is 3.72. The molecule has 0 saturated carbocycles. The highest BCUT2D eigenvalue weighted by atomic mass is 35.5. The minimum atomic E-state index is -0.540. The zero-order valence-electron chi connectivity index (χ0n) is 7.67. The molecule has 0 bridgehead atoms. The number of hydrogen-bond acceptors (Lipinski definition) is 3. The van der Waals surface area contributed by atoms with Crippen molar-refractivity contribution in [1.29, 1.82) is 0 Å². The van der Waals surface area contributed by atoms with Crippen LogP contribution < -0.4 is 5.32 Å². The maximum absolute atomic E-state index is 10.7. The van der Waals surface area contributed by atoms with Crippen molar-refractivity contribution in [2.75, 3.05) is 11.9 Å². The number of nitrogens with zero attached hydrogens (tertiary/aromatic N) is 1. The largest absolute Gasteiger partial charge is 0.374 e. The summed E-state index contributed by atoms with van der Waals surface area (Å²) in [6.07, 6.45) is 0. The van der Waals surface area contributed by atoms with E-state index in [0.717, 1.165) is 0 Å². The van der Waals surface area contributed by atoms with Crippen molar-refractivity contribution < 1.29 is 4.92 Å². The van der Waals surface area contributed by atoms with Crippen LogP contribution in [-0.2, 0) is 0 Å². The summed E-state index contributed by atoms with van der Waals surface area (Å²) in [6, 6.07) is 4.64. The molecule has 0 radical (unpaired) electrons. The van der Waals surface area contributed by atoms with Gasteiger partial charge in [0.05, 0.1) is 11.5 Å². The van der Waals surface area contributed by atoms with Gasteiger partial charge in [0.2, 0.25) is 0 Å². The molecule has 1 N–H and O–H groups in total. The van der Waals surface area contributed by atoms with Gasteiger partial charge < -0.3 is 5.32 Å². The Morgan fingerprint density at radius 1 is 1.60 bits per heavy atom. The molecule has 80 valence electrons. The predicted molar refractivity (Wildman–Crippen MR) is 61.6 cm³/mol. The number of anilines is 1. The molecule has 0 aliphatic heterocycles. The monoisotopic (exact) mass is 246 g/mol. The Hall–Kier alpha value is -1.26. The fourth-order valence-electron chi connectivity index (χ4n) is 1.03. The Balaban J connectivity index is 3.01. The average Bonchev–Trinajstić information content (AvgIpc) is 2.13. The zero-order valence-corrected chi connectivity index (χ0v) is 9.18. The standard InChI is InChI=1S/C9H8Cl2N2O2/c1-6(10)5-12-8-4-2-3-7(11)9(8)13(14)15/h2-4,12H,1,5H2. The first kappa shape index (κ1) is 11.8. The average molecular weight is 247 g/mol. The first-order valence-corrected chi connectivity index (χ1v) is 4.78. The molecule has 0 heterocycles. The van der Waals surface area contributed by atoms with Gasteiger partial charge in [-0.1, -0.05) is 35.8 Å². The normalized spacial score (nSPS) is 9.73. The van der Waals surface area contributed by atoms with Crippen molar-refractivity contribution in [3.8, 4) is 0 Å².